The van der Waals surface area contributed by atoms with E-state index in [1.165, 1.54) is 5.56 Å². The third kappa shape index (κ3) is 5.48. The fourth-order valence-corrected chi connectivity index (χ4v) is 1.94. The number of hydrogen-bond donors (Lipinski definition) is 1. The van der Waals surface area contributed by atoms with Crippen LogP contribution in [0.5, 0.6) is 0 Å². The molecular weight excluding hydrogens is 214 g/mol. The first-order valence-corrected chi connectivity index (χ1v) is 6.35. The van der Waals surface area contributed by atoms with Gasteiger partial charge in [0.05, 0.1) is 5.92 Å². The Hall–Kier alpha value is -1.38. The number of pyridine rings is 1. The van der Waals surface area contributed by atoms with Crippen LogP contribution >= 0.6 is 0 Å². The molecule has 0 aliphatic rings. The Morgan fingerprint density at radius 1 is 1.41 bits per heavy atom. The maximum atomic E-state index is 11.0. The van der Waals surface area contributed by atoms with Gasteiger partial charge in [-0.25, -0.2) is 0 Å². The molecule has 0 aliphatic carbocycles. The summed E-state index contributed by atoms with van der Waals surface area (Å²) in [5, 5.41) is 9.08. The van der Waals surface area contributed by atoms with Gasteiger partial charge >= 0.3 is 5.97 Å². The Kier molecular flexibility index (Phi) is 6.30. The number of aliphatic carboxylic acids is 1. The summed E-state index contributed by atoms with van der Waals surface area (Å²) in [4.78, 5) is 15.1. The Morgan fingerprint density at radius 3 is 2.76 bits per heavy atom. The van der Waals surface area contributed by atoms with Crippen LogP contribution in [0.2, 0.25) is 0 Å². The van der Waals surface area contributed by atoms with E-state index in [0.29, 0.717) is 0 Å². The fourth-order valence-electron chi connectivity index (χ4n) is 1.94. The van der Waals surface area contributed by atoms with Crippen LogP contribution in [0.25, 0.3) is 0 Å². The van der Waals surface area contributed by atoms with Gasteiger partial charge in [0.25, 0.3) is 0 Å². The summed E-state index contributed by atoms with van der Waals surface area (Å²) in [5.41, 5.74) is 1.19. The molecule has 0 aliphatic heterocycles. The van der Waals surface area contributed by atoms with Crippen LogP contribution in [0.3, 0.4) is 0 Å². The molecule has 1 N–H and O–H groups in total. The number of unbranched alkanes of at least 4 members (excludes halogenated alkanes) is 1. The highest BCUT2D eigenvalue weighted by Crippen LogP contribution is 2.16. The summed E-state index contributed by atoms with van der Waals surface area (Å²) in [5.74, 6) is -0.823. The third-order valence-corrected chi connectivity index (χ3v) is 3.00. The lowest BCUT2D eigenvalue weighted by Gasteiger charge is -2.11. The van der Waals surface area contributed by atoms with Crippen molar-refractivity contribution in [1.29, 1.82) is 0 Å². The molecule has 1 heterocycles. The summed E-state index contributed by atoms with van der Waals surface area (Å²) in [6.07, 6.45) is 9.09. The zero-order valence-corrected chi connectivity index (χ0v) is 10.4. The first-order valence-electron chi connectivity index (χ1n) is 6.35. The molecule has 0 saturated heterocycles. The summed E-state index contributed by atoms with van der Waals surface area (Å²) in [6.45, 7) is 2.09. The van der Waals surface area contributed by atoms with Gasteiger partial charge in [-0.1, -0.05) is 25.8 Å². The van der Waals surface area contributed by atoms with Crippen molar-refractivity contribution >= 4 is 5.97 Å². The minimum absolute atomic E-state index is 0.174. The molecule has 0 amide bonds. The van der Waals surface area contributed by atoms with E-state index in [1.54, 1.807) is 6.20 Å². The average molecular weight is 235 g/mol. The topological polar surface area (TPSA) is 50.2 Å². The van der Waals surface area contributed by atoms with Gasteiger partial charge in [0.2, 0.25) is 0 Å². The second-order valence-electron chi connectivity index (χ2n) is 4.43. The molecule has 3 heteroatoms. The highest BCUT2D eigenvalue weighted by atomic mass is 16.4. The van der Waals surface area contributed by atoms with Crippen LogP contribution in [0.15, 0.2) is 24.5 Å². The molecule has 0 fully saturated rings. The molecule has 3 nitrogen and oxygen atoms in total. The van der Waals surface area contributed by atoms with E-state index in [4.69, 9.17) is 5.11 Å². The van der Waals surface area contributed by atoms with Crippen LogP contribution in [0, 0.1) is 5.92 Å². The third-order valence-electron chi connectivity index (χ3n) is 3.00. The van der Waals surface area contributed by atoms with E-state index in [9.17, 15) is 4.79 Å². The molecule has 0 unspecified atom stereocenters. The van der Waals surface area contributed by atoms with Crippen molar-refractivity contribution in [2.45, 2.75) is 45.4 Å². The fraction of sp³-hybridized carbons (Fsp3) is 0.571. The standard InChI is InChI=1S/C14H21NO2/c1-2-3-8-13(14(16)17)9-4-6-12-7-5-10-15-11-12/h5,7,10-11,13H,2-4,6,8-9H2,1H3,(H,16,17)/t13-/m1/s1. The highest BCUT2D eigenvalue weighted by Gasteiger charge is 2.15. The summed E-state index contributed by atoms with van der Waals surface area (Å²) in [7, 11) is 0. The predicted molar refractivity (Wildman–Crippen MR) is 67.8 cm³/mol. The largest absolute Gasteiger partial charge is 0.481 e. The first-order chi connectivity index (χ1) is 8.24. The Morgan fingerprint density at radius 2 is 2.18 bits per heavy atom. The smallest absolute Gasteiger partial charge is 0.306 e. The number of carboxylic acid groups (broad SMARTS) is 1. The van der Waals surface area contributed by atoms with Crippen LogP contribution in [0.1, 0.15) is 44.6 Å². The van der Waals surface area contributed by atoms with Crippen molar-refractivity contribution in [1.82, 2.24) is 4.98 Å². The predicted octanol–water partition coefficient (Wildman–Crippen LogP) is 3.30. The van der Waals surface area contributed by atoms with E-state index in [1.807, 2.05) is 18.3 Å². The lowest BCUT2D eigenvalue weighted by molar-refractivity contribution is -0.142. The second kappa shape index (κ2) is 7.82. The number of hydrogen-bond acceptors (Lipinski definition) is 2. The van der Waals surface area contributed by atoms with Gasteiger partial charge in [0, 0.05) is 12.4 Å². The maximum Gasteiger partial charge on any atom is 0.306 e. The number of rotatable bonds is 8. The van der Waals surface area contributed by atoms with E-state index in [-0.39, 0.29) is 5.92 Å². The van der Waals surface area contributed by atoms with Gasteiger partial charge in [-0.15, -0.1) is 0 Å². The zero-order chi connectivity index (χ0) is 12.5. The molecule has 1 aromatic heterocycles. The lowest BCUT2D eigenvalue weighted by Crippen LogP contribution is -2.13. The number of carboxylic acids is 1. The van der Waals surface area contributed by atoms with Gasteiger partial charge < -0.3 is 5.11 Å². The number of carbonyl (C=O) groups is 1. The van der Waals surface area contributed by atoms with Gasteiger partial charge in [-0.05, 0) is 37.3 Å². The maximum absolute atomic E-state index is 11.0. The SMILES string of the molecule is CCCC[C@H](CCCc1cccnc1)C(=O)O. The molecule has 17 heavy (non-hydrogen) atoms. The van der Waals surface area contributed by atoms with Crippen molar-refractivity contribution < 1.29 is 9.90 Å². The molecule has 1 atom stereocenters. The normalized spacial score (nSPS) is 12.3. The van der Waals surface area contributed by atoms with Crippen LogP contribution in [-0.2, 0) is 11.2 Å². The minimum Gasteiger partial charge on any atom is -0.481 e. The van der Waals surface area contributed by atoms with Gasteiger partial charge in [0.15, 0.2) is 0 Å². The monoisotopic (exact) mass is 235 g/mol. The van der Waals surface area contributed by atoms with E-state index >= 15 is 0 Å². The molecule has 1 aromatic rings. The Balaban J connectivity index is 2.29. The lowest BCUT2D eigenvalue weighted by atomic mass is 9.95. The molecule has 0 saturated carbocycles. The van der Waals surface area contributed by atoms with Crippen molar-refractivity contribution in [3.05, 3.63) is 30.1 Å². The molecule has 0 bridgehead atoms. The summed E-state index contributed by atoms with van der Waals surface area (Å²) >= 11 is 0. The van der Waals surface area contributed by atoms with Crippen LogP contribution in [-0.4, -0.2) is 16.1 Å². The van der Waals surface area contributed by atoms with Gasteiger partial charge in [-0.3, -0.25) is 9.78 Å². The Labute approximate surface area is 103 Å². The summed E-state index contributed by atoms with van der Waals surface area (Å²) < 4.78 is 0. The van der Waals surface area contributed by atoms with Gasteiger partial charge in [-0.2, -0.15) is 0 Å². The molecule has 0 radical (unpaired) electrons. The molecule has 0 spiro atoms. The van der Waals surface area contributed by atoms with E-state index in [0.717, 1.165) is 38.5 Å². The number of nitrogens with zero attached hydrogens (tertiary/aromatic N) is 1. The van der Waals surface area contributed by atoms with Crippen LogP contribution in [0.4, 0.5) is 0 Å². The zero-order valence-electron chi connectivity index (χ0n) is 10.4. The average Bonchev–Trinajstić information content (AvgIpc) is 2.34. The van der Waals surface area contributed by atoms with E-state index in [2.05, 4.69) is 11.9 Å². The van der Waals surface area contributed by atoms with Crippen LogP contribution < -0.4 is 0 Å². The summed E-state index contributed by atoms with van der Waals surface area (Å²) in [6, 6.07) is 3.95. The number of aryl methyl sites for hydroxylation is 1. The molecule has 94 valence electrons. The molecule has 1 rings (SSSR count). The highest BCUT2D eigenvalue weighted by molar-refractivity contribution is 5.69. The molecular formula is C14H21NO2. The quantitative estimate of drug-likeness (QED) is 0.752. The van der Waals surface area contributed by atoms with Crippen molar-refractivity contribution in [2.75, 3.05) is 0 Å². The van der Waals surface area contributed by atoms with Gasteiger partial charge in [0.1, 0.15) is 0 Å². The first kappa shape index (κ1) is 13.7. The van der Waals surface area contributed by atoms with Crippen molar-refractivity contribution in [3.8, 4) is 0 Å². The Bertz CT molecular complexity index is 324. The van der Waals surface area contributed by atoms with E-state index < -0.39 is 5.97 Å². The van der Waals surface area contributed by atoms with Crippen molar-refractivity contribution in [2.24, 2.45) is 5.92 Å². The minimum atomic E-state index is -0.648. The molecule has 0 aromatic carbocycles. The number of aromatic nitrogens is 1. The second-order valence-corrected chi connectivity index (χ2v) is 4.43. The van der Waals surface area contributed by atoms with Crippen molar-refractivity contribution in [3.63, 3.8) is 0 Å².